The van der Waals surface area contributed by atoms with Crippen LogP contribution in [0, 0.1) is 0 Å². The van der Waals surface area contributed by atoms with E-state index < -0.39 is 0 Å². The van der Waals surface area contributed by atoms with Crippen LogP contribution in [0.2, 0.25) is 0 Å². The molecule has 0 aromatic carbocycles. The Kier molecular flexibility index (Phi) is 2.73. The first-order valence-corrected chi connectivity index (χ1v) is 5.25. The molecule has 0 saturated carbocycles. The van der Waals surface area contributed by atoms with Crippen LogP contribution in [0.4, 0.5) is 0 Å². The van der Waals surface area contributed by atoms with Crippen LogP contribution in [0.5, 0.6) is 0 Å². The van der Waals surface area contributed by atoms with Gasteiger partial charge in [-0.15, -0.1) is 0 Å². The fourth-order valence-electron chi connectivity index (χ4n) is 1.13. The van der Waals surface area contributed by atoms with E-state index in [0.29, 0.717) is 5.69 Å². The molecule has 0 saturated heterocycles. The molecule has 84 valence electrons. The molecule has 8 heteroatoms. The standard InChI is InChI=1S/C8H8N4O3S/c13-6-1-4(11-12-6)2-9-7(14)5-3-16-8(15)10-5/h1,3H,2H2,(H,9,14)(H,10,15)(H2,11,12,13). The molecule has 0 atom stereocenters. The van der Waals surface area contributed by atoms with Crippen molar-refractivity contribution >= 4 is 17.2 Å². The van der Waals surface area contributed by atoms with E-state index >= 15 is 0 Å². The number of hydrogen-bond donors (Lipinski definition) is 4. The number of thiazole rings is 1. The number of H-pyrrole nitrogens is 3. The SMILES string of the molecule is O=C(NCc1cc(=O)[nH][nH]1)c1csc(=O)[nH]1. The largest absolute Gasteiger partial charge is 0.345 e. The second-order valence-electron chi connectivity index (χ2n) is 3.03. The van der Waals surface area contributed by atoms with E-state index in [9.17, 15) is 14.4 Å². The van der Waals surface area contributed by atoms with Crippen molar-refractivity contribution in [2.45, 2.75) is 6.54 Å². The van der Waals surface area contributed by atoms with E-state index in [-0.39, 0.29) is 28.6 Å². The maximum absolute atomic E-state index is 11.5. The molecule has 2 aromatic heterocycles. The number of aromatic nitrogens is 3. The van der Waals surface area contributed by atoms with Crippen molar-refractivity contribution in [1.82, 2.24) is 20.5 Å². The highest BCUT2D eigenvalue weighted by Gasteiger charge is 2.07. The summed E-state index contributed by atoms with van der Waals surface area (Å²) in [6, 6.07) is 1.34. The van der Waals surface area contributed by atoms with Gasteiger partial charge in [0, 0.05) is 11.4 Å². The third-order valence-corrected chi connectivity index (χ3v) is 2.53. The van der Waals surface area contributed by atoms with Crippen molar-refractivity contribution in [3.05, 3.63) is 42.9 Å². The third-order valence-electron chi connectivity index (χ3n) is 1.86. The predicted molar refractivity (Wildman–Crippen MR) is 57.5 cm³/mol. The first-order chi connectivity index (χ1) is 7.65. The van der Waals surface area contributed by atoms with Crippen LogP contribution >= 0.6 is 11.3 Å². The van der Waals surface area contributed by atoms with Gasteiger partial charge in [0.15, 0.2) is 0 Å². The molecule has 4 N–H and O–H groups in total. The second kappa shape index (κ2) is 4.19. The van der Waals surface area contributed by atoms with E-state index in [4.69, 9.17) is 0 Å². The van der Waals surface area contributed by atoms with E-state index in [2.05, 4.69) is 20.5 Å². The van der Waals surface area contributed by atoms with Crippen molar-refractivity contribution in [3.63, 3.8) is 0 Å². The van der Waals surface area contributed by atoms with Crippen LogP contribution in [-0.2, 0) is 6.54 Å². The lowest BCUT2D eigenvalue weighted by Crippen LogP contribution is -2.23. The first-order valence-electron chi connectivity index (χ1n) is 4.38. The van der Waals surface area contributed by atoms with Crippen LogP contribution in [0.25, 0.3) is 0 Å². The smallest absolute Gasteiger partial charge is 0.305 e. The van der Waals surface area contributed by atoms with E-state index in [1.165, 1.54) is 11.4 Å². The van der Waals surface area contributed by atoms with Gasteiger partial charge in [-0.05, 0) is 0 Å². The Labute approximate surface area is 92.5 Å². The average Bonchev–Trinajstić information content (AvgIpc) is 2.84. The second-order valence-corrected chi connectivity index (χ2v) is 3.87. The van der Waals surface area contributed by atoms with Crippen LogP contribution in [0.1, 0.15) is 16.2 Å². The number of nitrogens with one attached hydrogen (secondary N) is 4. The zero-order chi connectivity index (χ0) is 11.5. The summed E-state index contributed by atoms with van der Waals surface area (Å²) in [7, 11) is 0. The normalized spacial score (nSPS) is 10.2. The van der Waals surface area contributed by atoms with Crippen LogP contribution in [0.15, 0.2) is 21.0 Å². The van der Waals surface area contributed by atoms with Gasteiger partial charge < -0.3 is 15.4 Å². The van der Waals surface area contributed by atoms with Gasteiger partial charge in [0.2, 0.25) is 0 Å². The van der Waals surface area contributed by atoms with Gasteiger partial charge in [-0.2, -0.15) is 0 Å². The van der Waals surface area contributed by atoms with Gasteiger partial charge >= 0.3 is 4.87 Å². The van der Waals surface area contributed by atoms with Gasteiger partial charge in [-0.3, -0.25) is 19.5 Å². The minimum Gasteiger partial charge on any atom is -0.345 e. The molecule has 16 heavy (non-hydrogen) atoms. The minimum atomic E-state index is -0.389. The monoisotopic (exact) mass is 240 g/mol. The van der Waals surface area contributed by atoms with Crippen molar-refractivity contribution < 1.29 is 4.79 Å². The molecule has 7 nitrogen and oxygen atoms in total. The topological polar surface area (TPSA) is 111 Å². The summed E-state index contributed by atoms with van der Waals surface area (Å²) in [5.74, 6) is -0.389. The molecule has 0 radical (unpaired) electrons. The number of amides is 1. The van der Waals surface area contributed by atoms with Crippen LogP contribution < -0.4 is 15.7 Å². The van der Waals surface area contributed by atoms with Crippen molar-refractivity contribution in [2.75, 3.05) is 0 Å². The molecule has 0 spiro atoms. The number of carbonyl (C=O) groups is 1. The Morgan fingerprint density at radius 2 is 2.19 bits per heavy atom. The fourth-order valence-corrected chi connectivity index (χ4v) is 1.69. The maximum atomic E-state index is 11.5. The molecule has 2 rings (SSSR count). The van der Waals surface area contributed by atoms with Gasteiger partial charge in [-0.1, -0.05) is 11.3 Å². The third kappa shape index (κ3) is 2.28. The molecule has 0 bridgehead atoms. The Morgan fingerprint density at radius 3 is 2.75 bits per heavy atom. The van der Waals surface area contributed by atoms with Crippen molar-refractivity contribution in [3.8, 4) is 0 Å². The summed E-state index contributed by atoms with van der Waals surface area (Å²) in [6.07, 6.45) is 0. The van der Waals surface area contributed by atoms with Crippen molar-refractivity contribution in [2.24, 2.45) is 0 Å². The minimum absolute atomic E-state index is 0.190. The van der Waals surface area contributed by atoms with E-state index in [1.54, 1.807) is 0 Å². The molecule has 0 unspecified atom stereocenters. The molecule has 0 aliphatic rings. The zero-order valence-corrected chi connectivity index (χ0v) is 8.81. The van der Waals surface area contributed by atoms with Crippen LogP contribution in [0.3, 0.4) is 0 Å². The Bertz CT molecular complexity index is 605. The van der Waals surface area contributed by atoms with Gasteiger partial charge in [-0.25, -0.2) is 0 Å². The zero-order valence-electron chi connectivity index (χ0n) is 7.99. The molecular formula is C8H8N4O3S. The molecule has 2 heterocycles. The van der Waals surface area contributed by atoms with Gasteiger partial charge in [0.05, 0.1) is 12.2 Å². The highest BCUT2D eigenvalue weighted by atomic mass is 32.1. The first kappa shape index (κ1) is 10.4. The molecule has 1 amide bonds. The lowest BCUT2D eigenvalue weighted by atomic mass is 10.4. The summed E-state index contributed by atoms with van der Waals surface area (Å²) in [5.41, 5.74) is 0.525. The lowest BCUT2D eigenvalue weighted by molar-refractivity contribution is 0.0946. The van der Waals surface area contributed by atoms with Gasteiger partial charge in [0.1, 0.15) is 5.69 Å². The summed E-state index contributed by atoms with van der Waals surface area (Å²) in [4.78, 5) is 35.1. The Balaban J connectivity index is 1.98. The van der Waals surface area contributed by atoms with Gasteiger partial charge in [0.25, 0.3) is 11.5 Å². The molecule has 2 aromatic rings. The summed E-state index contributed by atoms with van der Waals surface area (Å²) in [5, 5.41) is 8.94. The lowest BCUT2D eigenvalue weighted by Gasteiger charge is -2.00. The highest BCUT2D eigenvalue weighted by Crippen LogP contribution is 1.96. The predicted octanol–water partition coefficient (Wildman–Crippen LogP) is -0.617. The molecular weight excluding hydrogens is 232 g/mol. The van der Waals surface area contributed by atoms with Crippen molar-refractivity contribution in [1.29, 1.82) is 0 Å². The Hall–Kier alpha value is -2.09. The number of carbonyl (C=O) groups excluding carboxylic acids is 1. The number of aromatic amines is 3. The summed E-state index contributed by atoms with van der Waals surface area (Å²) < 4.78 is 0. The average molecular weight is 240 g/mol. The fraction of sp³-hybridized carbons (Fsp3) is 0.125. The van der Waals surface area contributed by atoms with Crippen LogP contribution in [-0.4, -0.2) is 21.1 Å². The van der Waals surface area contributed by atoms with E-state index in [0.717, 1.165) is 11.3 Å². The summed E-state index contributed by atoms with van der Waals surface area (Å²) >= 11 is 0.923. The molecule has 0 aliphatic heterocycles. The summed E-state index contributed by atoms with van der Waals surface area (Å²) in [6.45, 7) is 0.190. The Morgan fingerprint density at radius 1 is 1.38 bits per heavy atom. The maximum Gasteiger partial charge on any atom is 0.305 e. The molecule has 0 fully saturated rings. The quantitative estimate of drug-likeness (QED) is 0.574. The number of hydrogen-bond acceptors (Lipinski definition) is 4. The number of rotatable bonds is 3. The molecule has 0 aliphatic carbocycles. The highest BCUT2D eigenvalue weighted by molar-refractivity contribution is 7.07. The van der Waals surface area contributed by atoms with E-state index in [1.807, 2.05) is 0 Å².